The van der Waals surface area contributed by atoms with E-state index in [0.717, 1.165) is 0 Å². The molecule has 0 radical (unpaired) electrons. The van der Waals surface area contributed by atoms with Gasteiger partial charge in [0.05, 0.1) is 22.4 Å². The lowest BCUT2D eigenvalue weighted by molar-refractivity contribution is -0.385. The van der Waals surface area contributed by atoms with Gasteiger partial charge in [0.2, 0.25) is 0 Å². The summed E-state index contributed by atoms with van der Waals surface area (Å²) in [5.74, 6) is -1.33. The molecule has 1 N–H and O–H groups in total. The number of anilines is 1. The Morgan fingerprint density at radius 1 is 1.19 bits per heavy atom. The Labute approximate surface area is 152 Å². The van der Waals surface area contributed by atoms with Gasteiger partial charge in [-0.25, -0.2) is 4.79 Å². The van der Waals surface area contributed by atoms with Gasteiger partial charge >= 0.3 is 5.97 Å². The number of esters is 1. The molecule has 0 heterocycles. The van der Waals surface area contributed by atoms with E-state index in [0.29, 0.717) is 10.6 Å². The van der Waals surface area contributed by atoms with Crippen LogP contribution in [0.15, 0.2) is 53.4 Å². The molecule has 0 aliphatic carbocycles. The maximum Gasteiger partial charge on any atom is 0.345 e. The highest BCUT2D eigenvalue weighted by Crippen LogP contribution is 2.26. The van der Waals surface area contributed by atoms with Crippen molar-refractivity contribution in [2.75, 3.05) is 17.7 Å². The third-order valence-electron chi connectivity index (χ3n) is 3.11. The number of carbonyl (C=O) groups excluding carboxylic acids is 2. The number of amides is 1. The van der Waals surface area contributed by atoms with Gasteiger partial charge in [-0.2, -0.15) is 5.26 Å². The molecule has 0 spiro atoms. The third-order valence-corrected chi connectivity index (χ3v) is 4.05. The molecule has 0 aliphatic heterocycles. The summed E-state index contributed by atoms with van der Waals surface area (Å²) >= 11 is 1.26. The minimum absolute atomic E-state index is 0.222. The highest BCUT2D eigenvalue weighted by atomic mass is 32.2. The number of thioether (sulfide) groups is 1. The van der Waals surface area contributed by atoms with Crippen LogP contribution in [-0.4, -0.2) is 29.2 Å². The molecule has 0 fully saturated rings. The van der Waals surface area contributed by atoms with E-state index in [9.17, 15) is 19.7 Å². The minimum Gasteiger partial charge on any atom is -0.452 e. The number of nitrogens with one attached hydrogen (secondary N) is 1. The number of nitro benzene ring substituents is 1. The van der Waals surface area contributed by atoms with Crippen molar-refractivity contribution in [3.8, 4) is 6.07 Å². The Morgan fingerprint density at radius 2 is 1.88 bits per heavy atom. The Hall–Kier alpha value is -3.38. The first-order valence-electron chi connectivity index (χ1n) is 7.32. The monoisotopic (exact) mass is 371 g/mol. The molecule has 0 saturated heterocycles. The van der Waals surface area contributed by atoms with Crippen molar-refractivity contribution in [2.45, 2.75) is 4.90 Å². The van der Waals surface area contributed by atoms with E-state index < -0.39 is 29.1 Å². The molecular formula is C17H13N3O5S. The topological polar surface area (TPSA) is 122 Å². The standard InChI is InChI=1S/C17H13N3O5S/c18-9-10-26-15-8-4-2-6-13(15)19-16(21)11-25-17(22)12-5-1-3-7-14(12)20(23)24/h1-8H,10-11H2,(H,19,21). The summed E-state index contributed by atoms with van der Waals surface area (Å²) in [6, 6.07) is 14.2. The summed E-state index contributed by atoms with van der Waals surface area (Å²) in [4.78, 5) is 34.9. The van der Waals surface area contributed by atoms with Crippen molar-refractivity contribution < 1.29 is 19.2 Å². The number of rotatable bonds is 7. The van der Waals surface area contributed by atoms with Crippen molar-refractivity contribution in [3.05, 3.63) is 64.2 Å². The van der Waals surface area contributed by atoms with Gasteiger partial charge in [0.25, 0.3) is 11.6 Å². The van der Waals surface area contributed by atoms with Gasteiger partial charge in [0.1, 0.15) is 5.56 Å². The zero-order valence-electron chi connectivity index (χ0n) is 13.4. The second kappa shape index (κ2) is 9.19. The average Bonchev–Trinajstić information content (AvgIpc) is 2.65. The lowest BCUT2D eigenvalue weighted by atomic mass is 10.2. The third kappa shape index (κ3) is 5.06. The van der Waals surface area contributed by atoms with Crippen LogP contribution in [0.5, 0.6) is 0 Å². The maximum atomic E-state index is 12.0. The van der Waals surface area contributed by atoms with E-state index in [1.165, 1.54) is 36.0 Å². The molecule has 2 aromatic carbocycles. The first kappa shape index (κ1) is 19.0. The van der Waals surface area contributed by atoms with E-state index in [2.05, 4.69) is 5.32 Å². The summed E-state index contributed by atoms with van der Waals surface area (Å²) in [5.41, 5.74) is -0.133. The molecule has 2 aromatic rings. The maximum absolute atomic E-state index is 12.0. The largest absolute Gasteiger partial charge is 0.452 e. The number of para-hydroxylation sites is 2. The van der Waals surface area contributed by atoms with Gasteiger partial charge in [-0.05, 0) is 18.2 Å². The molecule has 0 aliphatic rings. The van der Waals surface area contributed by atoms with Crippen LogP contribution in [0, 0.1) is 21.4 Å². The lowest BCUT2D eigenvalue weighted by Crippen LogP contribution is -2.21. The van der Waals surface area contributed by atoms with Crippen molar-refractivity contribution in [1.29, 1.82) is 5.26 Å². The Bertz CT molecular complexity index is 879. The molecular weight excluding hydrogens is 358 g/mol. The highest BCUT2D eigenvalue weighted by Gasteiger charge is 2.21. The molecule has 0 aromatic heterocycles. The fraction of sp³-hybridized carbons (Fsp3) is 0.118. The predicted molar refractivity (Wildman–Crippen MR) is 94.8 cm³/mol. The zero-order chi connectivity index (χ0) is 18.9. The molecule has 0 unspecified atom stereocenters. The van der Waals surface area contributed by atoms with Crippen LogP contribution in [0.4, 0.5) is 11.4 Å². The van der Waals surface area contributed by atoms with E-state index >= 15 is 0 Å². The summed E-state index contributed by atoms with van der Waals surface area (Å²) in [6.07, 6.45) is 0. The molecule has 0 bridgehead atoms. The smallest absolute Gasteiger partial charge is 0.345 e. The van der Waals surface area contributed by atoms with Crippen molar-refractivity contribution >= 4 is 35.0 Å². The average molecular weight is 371 g/mol. The van der Waals surface area contributed by atoms with Gasteiger partial charge in [0, 0.05) is 11.0 Å². The second-order valence-corrected chi connectivity index (χ2v) is 5.86. The molecule has 8 nitrogen and oxygen atoms in total. The predicted octanol–water partition coefficient (Wildman–Crippen LogP) is 3.01. The molecule has 0 atom stereocenters. The number of hydrogen-bond donors (Lipinski definition) is 1. The number of nitro groups is 1. The summed E-state index contributed by atoms with van der Waals surface area (Å²) in [6.45, 7) is -0.595. The fourth-order valence-electron chi connectivity index (χ4n) is 2.01. The minimum atomic E-state index is -0.959. The number of ether oxygens (including phenoxy) is 1. The zero-order valence-corrected chi connectivity index (χ0v) is 14.2. The van der Waals surface area contributed by atoms with Crippen LogP contribution < -0.4 is 5.32 Å². The van der Waals surface area contributed by atoms with Gasteiger partial charge < -0.3 is 10.1 Å². The molecule has 2 rings (SSSR count). The van der Waals surface area contributed by atoms with E-state index in [1.54, 1.807) is 24.3 Å². The highest BCUT2D eigenvalue weighted by molar-refractivity contribution is 7.99. The molecule has 9 heteroatoms. The summed E-state index contributed by atoms with van der Waals surface area (Å²) in [5, 5.41) is 22.2. The van der Waals surface area contributed by atoms with E-state index in [1.807, 2.05) is 6.07 Å². The van der Waals surface area contributed by atoms with Gasteiger partial charge in [-0.15, -0.1) is 11.8 Å². The Kier molecular flexibility index (Phi) is 6.70. The Morgan fingerprint density at radius 3 is 2.62 bits per heavy atom. The Balaban J connectivity index is 1.99. The number of carbonyl (C=O) groups is 2. The van der Waals surface area contributed by atoms with Crippen LogP contribution in [-0.2, 0) is 9.53 Å². The van der Waals surface area contributed by atoms with Crippen LogP contribution >= 0.6 is 11.8 Å². The first-order chi connectivity index (χ1) is 12.5. The number of nitrogens with zero attached hydrogens (tertiary/aromatic N) is 2. The summed E-state index contributed by atoms with van der Waals surface area (Å²) in [7, 11) is 0. The van der Waals surface area contributed by atoms with Crippen LogP contribution in [0.3, 0.4) is 0 Å². The molecule has 132 valence electrons. The van der Waals surface area contributed by atoms with Crippen LogP contribution in [0.2, 0.25) is 0 Å². The number of nitriles is 1. The first-order valence-corrected chi connectivity index (χ1v) is 8.30. The molecule has 1 amide bonds. The van der Waals surface area contributed by atoms with E-state index in [-0.39, 0.29) is 11.3 Å². The van der Waals surface area contributed by atoms with Crippen molar-refractivity contribution in [3.63, 3.8) is 0 Å². The number of benzene rings is 2. The normalized spacial score (nSPS) is 9.81. The van der Waals surface area contributed by atoms with E-state index in [4.69, 9.17) is 10.00 Å². The lowest BCUT2D eigenvalue weighted by Gasteiger charge is -2.10. The number of hydrogen-bond acceptors (Lipinski definition) is 7. The van der Waals surface area contributed by atoms with Crippen LogP contribution in [0.25, 0.3) is 0 Å². The van der Waals surface area contributed by atoms with Gasteiger partial charge in [-0.3, -0.25) is 14.9 Å². The second-order valence-electron chi connectivity index (χ2n) is 4.84. The summed E-state index contributed by atoms with van der Waals surface area (Å²) < 4.78 is 4.86. The van der Waals surface area contributed by atoms with Gasteiger partial charge in [0.15, 0.2) is 6.61 Å². The van der Waals surface area contributed by atoms with Crippen molar-refractivity contribution in [2.24, 2.45) is 0 Å². The molecule has 0 saturated carbocycles. The van der Waals surface area contributed by atoms with Crippen LogP contribution in [0.1, 0.15) is 10.4 Å². The SMILES string of the molecule is N#CCSc1ccccc1NC(=O)COC(=O)c1ccccc1[N+](=O)[O-]. The molecule has 26 heavy (non-hydrogen) atoms. The fourth-order valence-corrected chi connectivity index (χ4v) is 2.68. The van der Waals surface area contributed by atoms with Crippen molar-refractivity contribution in [1.82, 2.24) is 0 Å². The van der Waals surface area contributed by atoms with Gasteiger partial charge in [-0.1, -0.05) is 24.3 Å². The quantitative estimate of drug-likeness (QED) is 0.343.